The van der Waals surface area contributed by atoms with Crippen molar-refractivity contribution in [3.8, 4) is 11.8 Å². The zero-order valence-corrected chi connectivity index (χ0v) is 22.6. The number of carbonyl (C=O) groups excluding carboxylic acids is 1. The maximum atomic E-state index is 13.7. The smallest absolute Gasteiger partial charge is 0.238 e. The first-order valence-electron chi connectivity index (χ1n) is 13.0. The van der Waals surface area contributed by atoms with Gasteiger partial charge in [0.05, 0.1) is 0 Å². The van der Waals surface area contributed by atoms with Gasteiger partial charge < -0.3 is 14.2 Å². The summed E-state index contributed by atoms with van der Waals surface area (Å²) in [6.07, 6.45) is 19.1. The Balaban J connectivity index is 1.85. The Morgan fingerprint density at radius 3 is 2.63 bits per heavy atom. The van der Waals surface area contributed by atoms with Gasteiger partial charge in [-0.25, -0.2) is 0 Å². The zero-order chi connectivity index (χ0) is 25.1. The highest BCUT2D eigenvalue weighted by atomic mass is 32.2. The number of Topliss-reactive ketones (excluding diaryl/α,β-unsaturated/α-hetero) is 1. The lowest BCUT2D eigenvalue weighted by atomic mass is 9.79. The number of hydrogen-bond acceptors (Lipinski definition) is 5. The van der Waals surface area contributed by atoms with Crippen LogP contribution in [0.4, 0.5) is 0 Å². The van der Waals surface area contributed by atoms with Gasteiger partial charge in [0.15, 0.2) is 0 Å². The SMILES string of the molecule is C=C1C=CC(CCCC2CC2)=CC(C[C@](OCOC)(C(=O)C#CCOC)[C@@H](C)CSC2CCC2)=C1. The number of rotatable bonds is 15. The summed E-state index contributed by atoms with van der Waals surface area (Å²) in [5.74, 6) is 7.21. The molecule has 0 N–H and O–H groups in total. The predicted molar refractivity (Wildman–Crippen MR) is 145 cm³/mol. The van der Waals surface area contributed by atoms with Crippen LogP contribution >= 0.6 is 11.8 Å². The van der Waals surface area contributed by atoms with Crippen LogP contribution in [-0.4, -0.2) is 50.0 Å². The largest absolute Gasteiger partial charge is 0.372 e. The minimum atomic E-state index is -1.10. The number of ketones is 1. The summed E-state index contributed by atoms with van der Waals surface area (Å²) in [5.41, 5.74) is 2.17. The Labute approximate surface area is 216 Å². The van der Waals surface area contributed by atoms with E-state index in [0.29, 0.717) is 11.7 Å². The normalized spacial score (nSPS) is 20.6. The van der Waals surface area contributed by atoms with Crippen LogP contribution in [0.15, 0.2) is 47.6 Å². The number of thioether (sulfide) groups is 1. The molecule has 2 saturated carbocycles. The number of carbonyl (C=O) groups is 1. The van der Waals surface area contributed by atoms with Crippen molar-refractivity contribution in [2.45, 2.75) is 75.6 Å². The van der Waals surface area contributed by atoms with Crippen LogP contribution in [0.5, 0.6) is 0 Å². The lowest BCUT2D eigenvalue weighted by Crippen LogP contribution is -2.49. The first-order valence-corrected chi connectivity index (χ1v) is 14.1. The van der Waals surface area contributed by atoms with Crippen LogP contribution in [-0.2, 0) is 19.0 Å². The molecule has 0 spiro atoms. The van der Waals surface area contributed by atoms with E-state index in [0.717, 1.165) is 29.2 Å². The Bertz CT molecular complexity index is 882. The highest BCUT2D eigenvalue weighted by Crippen LogP contribution is 2.39. The fourth-order valence-electron chi connectivity index (χ4n) is 4.54. The van der Waals surface area contributed by atoms with Crippen molar-refractivity contribution in [3.05, 3.63) is 47.6 Å². The van der Waals surface area contributed by atoms with Gasteiger partial charge in [0.25, 0.3) is 0 Å². The molecule has 0 aromatic carbocycles. The third-order valence-corrected chi connectivity index (χ3v) is 8.80. The summed E-state index contributed by atoms with van der Waals surface area (Å²) in [7, 11) is 3.17. The maximum absolute atomic E-state index is 13.7. The molecule has 0 radical (unpaired) electrons. The fourth-order valence-corrected chi connectivity index (χ4v) is 6.04. The van der Waals surface area contributed by atoms with E-state index in [-0.39, 0.29) is 25.1 Å². The van der Waals surface area contributed by atoms with Gasteiger partial charge in [-0.2, -0.15) is 11.8 Å². The second-order valence-corrected chi connectivity index (χ2v) is 11.5. The summed E-state index contributed by atoms with van der Waals surface area (Å²) in [5, 5.41) is 0.686. The lowest BCUT2D eigenvalue weighted by molar-refractivity contribution is -0.167. The molecule has 4 nitrogen and oxygen atoms in total. The number of ether oxygens (including phenoxy) is 3. The van der Waals surface area contributed by atoms with Crippen molar-refractivity contribution in [1.29, 1.82) is 0 Å². The van der Waals surface area contributed by atoms with Gasteiger partial charge in [-0.1, -0.05) is 69.4 Å². The van der Waals surface area contributed by atoms with Crippen molar-refractivity contribution in [2.24, 2.45) is 11.8 Å². The van der Waals surface area contributed by atoms with Crippen molar-refractivity contribution < 1.29 is 19.0 Å². The van der Waals surface area contributed by atoms with Crippen molar-refractivity contribution in [2.75, 3.05) is 33.4 Å². The summed E-state index contributed by atoms with van der Waals surface area (Å²) in [6.45, 7) is 6.57. The minimum Gasteiger partial charge on any atom is -0.372 e. The molecule has 2 fully saturated rings. The molecule has 2 atom stereocenters. The monoisotopic (exact) mass is 498 g/mol. The van der Waals surface area contributed by atoms with Gasteiger partial charge in [-0.05, 0) is 60.0 Å². The van der Waals surface area contributed by atoms with Crippen LogP contribution < -0.4 is 0 Å². The summed E-state index contributed by atoms with van der Waals surface area (Å²) in [6, 6.07) is 0. The Morgan fingerprint density at radius 1 is 1.17 bits per heavy atom. The number of methoxy groups -OCH3 is 2. The van der Waals surface area contributed by atoms with Gasteiger partial charge in [0, 0.05) is 31.8 Å². The average molecular weight is 499 g/mol. The fraction of sp³-hybridized carbons (Fsp3) is 0.633. The third-order valence-electron chi connectivity index (χ3n) is 7.16. The highest BCUT2D eigenvalue weighted by molar-refractivity contribution is 7.99. The average Bonchev–Trinajstić information content (AvgIpc) is 3.64. The first-order chi connectivity index (χ1) is 17.0. The lowest BCUT2D eigenvalue weighted by Gasteiger charge is -2.37. The molecule has 0 aromatic heterocycles. The van der Waals surface area contributed by atoms with E-state index in [4.69, 9.17) is 14.2 Å². The van der Waals surface area contributed by atoms with Crippen LogP contribution in [0, 0.1) is 23.7 Å². The van der Waals surface area contributed by atoms with Crippen LogP contribution in [0.25, 0.3) is 0 Å². The molecule has 0 unspecified atom stereocenters. The molecule has 0 bridgehead atoms. The molecule has 192 valence electrons. The second-order valence-electron chi connectivity index (χ2n) is 10.2. The molecule has 3 aliphatic rings. The molecular formula is C30H42O4S. The highest BCUT2D eigenvalue weighted by Gasteiger charge is 2.45. The first kappa shape index (κ1) is 28.0. The molecule has 3 aliphatic carbocycles. The van der Waals surface area contributed by atoms with E-state index in [1.165, 1.54) is 50.5 Å². The molecule has 0 saturated heterocycles. The van der Waals surface area contributed by atoms with Gasteiger partial charge in [-0.3, -0.25) is 4.79 Å². The molecular weight excluding hydrogens is 456 g/mol. The summed E-state index contributed by atoms with van der Waals surface area (Å²) >= 11 is 1.95. The molecule has 0 heterocycles. The molecule has 5 heteroatoms. The van der Waals surface area contributed by atoms with Gasteiger partial charge in [0.1, 0.15) is 19.0 Å². The van der Waals surface area contributed by atoms with E-state index in [1.807, 2.05) is 11.8 Å². The Kier molecular flexibility index (Phi) is 11.4. The van der Waals surface area contributed by atoms with E-state index >= 15 is 0 Å². The van der Waals surface area contributed by atoms with E-state index in [2.05, 4.69) is 49.6 Å². The maximum Gasteiger partial charge on any atom is 0.238 e. The van der Waals surface area contributed by atoms with Crippen LogP contribution in [0.2, 0.25) is 0 Å². The van der Waals surface area contributed by atoms with Crippen molar-refractivity contribution in [1.82, 2.24) is 0 Å². The van der Waals surface area contributed by atoms with Gasteiger partial charge >= 0.3 is 0 Å². The topological polar surface area (TPSA) is 44.8 Å². The number of allylic oxidation sites excluding steroid dienone is 6. The van der Waals surface area contributed by atoms with Crippen LogP contribution in [0.3, 0.4) is 0 Å². The van der Waals surface area contributed by atoms with Crippen LogP contribution in [0.1, 0.15) is 64.7 Å². The van der Waals surface area contributed by atoms with Crippen molar-refractivity contribution in [3.63, 3.8) is 0 Å². The third kappa shape index (κ3) is 8.79. The quantitative estimate of drug-likeness (QED) is 0.148. The Hall–Kier alpha value is -1.58. The second kappa shape index (κ2) is 14.2. The van der Waals surface area contributed by atoms with E-state index in [1.54, 1.807) is 14.2 Å². The minimum absolute atomic E-state index is 0.0373. The number of hydrogen-bond donors (Lipinski definition) is 0. The van der Waals surface area contributed by atoms with E-state index in [9.17, 15) is 4.79 Å². The van der Waals surface area contributed by atoms with Gasteiger partial charge in [0.2, 0.25) is 5.78 Å². The van der Waals surface area contributed by atoms with E-state index < -0.39 is 5.60 Å². The Morgan fingerprint density at radius 2 is 1.97 bits per heavy atom. The van der Waals surface area contributed by atoms with Crippen molar-refractivity contribution >= 4 is 17.5 Å². The molecule has 0 aromatic rings. The molecule has 0 aliphatic heterocycles. The standard InChI is InChI=1S/C30H42O4S/c1-23-13-14-26(9-5-8-25-15-16-25)19-27(18-23)20-30(34-22-33-4,29(31)12-7-17-32-3)24(2)21-35-28-10-6-11-28/h13-14,18-19,24-25,28H,1,5-6,8-11,15-17,20-22H2,2-4H3/t24-,30+/m0/s1. The molecule has 3 rings (SSSR count). The molecule has 35 heavy (non-hydrogen) atoms. The predicted octanol–water partition coefficient (Wildman–Crippen LogP) is 6.44. The summed E-state index contributed by atoms with van der Waals surface area (Å²) in [4.78, 5) is 13.7. The summed E-state index contributed by atoms with van der Waals surface area (Å²) < 4.78 is 16.7. The zero-order valence-electron chi connectivity index (χ0n) is 21.8. The molecule has 0 amide bonds. The van der Waals surface area contributed by atoms with Gasteiger partial charge in [-0.15, -0.1) is 0 Å².